The second kappa shape index (κ2) is 3.18. The van der Waals surface area contributed by atoms with E-state index in [1.54, 1.807) is 0 Å². The highest BCUT2D eigenvalue weighted by molar-refractivity contribution is 6.05. The van der Waals surface area contributed by atoms with Crippen molar-refractivity contribution in [3.8, 4) is 0 Å². The number of aryl methyl sites for hydroxylation is 1. The van der Waals surface area contributed by atoms with Crippen LogP contribution in [0.5, 0.6) is 0 Å². The van der Waals surface area contributed by atoms with Gasteiger partial charge < -0.3 is 0 Å². The van der Waals surface area contributed by atoms with Gasteiger partial charge in [0.1, 0.15) is 0 Å². The molecule has 2 aliphatic carbocycles. The van der Waals surface area contributed by atoms with Crippen molar-refractivity contribution >= 4 is 5.78 Å². The Morgan fingerprint density at radius 3 is 2.75 bits per heavy atom. The van der Waals surface area contributed by atoms with E-state index in [-0.39, 0.29) is 17.6 Å². The first-order valence-corrected chi connectivity index (χ1v) is 5.69. The number of ketones is 1. The molecule has 0 aromatic heterocycles. The van der Waals surface area contributed by atoms with E-state index >= 15 is 0 Å². The largest absolute Gasteiger partial charge is 0.293 e. The van der Waals surface area contributed by atoms with Gasteiger partial charge in [-0.1, -0.05) is 42.0 Å². The number of rotatable bonds is 0. The Morgan fingerprint density at radius 1 is 1.12 bits per heavy atom. The van der Waals surface area contributed by atoms with Crippen LogP contribution in [0, 0.1) is 12.8 Å². The fraction of sp³-hybridized carbons (Fsp3) is 0.267. The van der Waals surface area contributed by atoms with Crippen molar-refractivity contribution in [3.63, 3.8) is 0 Å². The third-order valence-electron chi connectivity index (χ3n) is 3.62. The molecule has 0 heterocycles. The molecular formula is C15H14O. The maximum atomic E-state index is 12.2. The highest BCUT2D eigenvalue weighted by atomic mass is 16.1. The summed E-state index contributed by atoms with van der Waals surface area (Å²) in [6.07, 6.45) is 6.34. The van der Waals surface area contributed by atoms with Gasteiger partial charge in [0.15, 0.2) is 5.78 Å². The molecule has 0 aliphatic heterocycles. The van der Waals surface area contributed by atoms with E-state index in [0.717, 1.165) is 5.56 Å². The molecule has 0 radical (unpaired) electrons. The Bertz CT molecular complexity index is 534. The van der Waals surface area contributed by atoms with Gasteiger partial charge in [-0.05, 0) is 25.0 Å². The van der Waals surface area contributed by atoms with Crippen molar-refractivity contribution in [2.45, 2.75) is 19.8 Å². The number of carbonyl (C=O) groups excluding carboxylic acids is 1. The van der Waals surface area contributed by atoms with Gasteiger partial charge in [0.25, 0.3) is 0 Å². The standard InChI is InChI=1S/C15H14O/c1-9-6-7-11-13(8-9)14-10(2)4-3-5-12(14)15(11)16/h3-8,11,13H,1-2H3. The van der Waals surface area contributed by atoms with Crippen molar-refractivity contribution in [1.29, 1.82) is 0 Å². The van der Waals surface area contributed by atoms with Gasteiger partial charge in [0.05, 0.1) is 5.92 Å². The van der Waals surface area contributed by atoms with E-state index in [2.05, 4.69) is 38.1 Å². The first-order valence-electron chi connectivity index (χ1n) is 5.69. The highest BCUT2D eigenvalue weighted by Crippen LogP contribution is 2.43. The molecule has 1 aromatic carbocycles. The molecule has 2 aliphatic rings. The zero-order valence-electron chi connectivity index (χ0n) is 9.53. The van der Waals surface area contributed by atoms with Crippen LogP contribution in [0.15, 0.2) is 42.0 Å². The van der Waals surface area contributed by atoms with Gasteiger partial charge in [-0.3, -0.25) is 4.79 Å². The summed E-state index contributed by atoms with van der Waals surface area (Å²) in [7, 11) is 0. The molecule has 2 unspecified atom stereocenters. The lowest BCUT2D eigenvalue weighted by molar-refractivity contribution is 0.0954. The summed E-state index contributed by atoms with van der Waals surface area (Å²) < 4.78 is 0. The molecule has 1 nitrogen and oxygen atoms in total. The normalized spacial score (nSPS) is 26.4. The molecule has 1 heteroatoms. The predicted octanol–water partition coefficient (Wildman–Crippen LogP) is 3.41. The van der Waals surface area contributed by atoms with E-state index in [1.807, 2.05) is 12.1 Å². The van der Waals surface area contributed by atoms with E-state index in [9.17, 15) is 4.79 Å². The number of Topliss-reactive ketones (excluding diaryl/α,β-unsaturated/α-hetero) is 1. The topological polar surface area (TPSA) is 17.1 Å². The van der Waals surface area contributed by atoms with Crippen molar-refractivity contribution < 1.29 is 4.79 Å². The molecule has 0 amide bonds. The third-order valence-corrected chi connectivity index (χ3v) is 3.62. The number of fused-ring (bicyclic) bond motifs is 3. The van der Waals surface area contributed by atoms with Gasteiger partial charge in [0, 0.05) is 11.5 Å². The Kier molecular flexibility index (Phi) is 1.90. The minimum absolute atomic E-state index is 0.0415. The van der Waals surface area contributed by atoms with Crippen molar-refractivity contribution in [2.24, 2.45) is 5.92 Å². The van der Waals surface area contributed by atoms with Gasteiger partial charge >= 0.3 is 0 Å². The highest BCUT2D eigenvalue weighted by Gasteiger charge is 2.38. The molecule has 3 rings (SSSR count). The fourth-order valence-electron chi connectivity index (χ4n) is 2.85. The number of carbonyl (C=O) groups is 1. The van der Waals surface area contributed by atoms with Crippen LogP contribution in [-0.2, 0) is 0 Å². The summed E-state index contributed by atoms with van der Waals surface area (Å²) in [5.74, 6) is 0.595. The lowest BCUT2D eigenvalue weighted by Gasteiger charge is -2.18. The molecule has 0 bridgehead atoms. The number of benzene rings is 1. The first-order chi connectivity index (χ1) is 7.68. The van der Waals surface area contributed by atoms with Crippen LogP contribution in [-0.4, -0.2) is 5.78 Å². The zero-order chi connectivity index (χ0) is 11.3. The van der Waals surface area contributed by atoms with Gasteiger partial charge in [-0.15, -0.1) is 0 Å². The van der Waals surface area contributed by atoms with E-state index in [4.69, 9.17) is 0 Å². The van der Waals surface area contributed by atoms with Crippen molar-refractivity contribution in [1.82, 2.24) is 0 Å². The van der Waals surface area contributed by atoms with Gasteiger partial charge in [0.2, 0.25) is 0 Å². The predicted molar refractivity (Wildman–Crippen MR) is 64.6 cm³/mol. The second-order valence-electron chi connectivity index (χ2n) is 4.72. The van der Waals surface area contributed by atoms with Crippen LogP contribution in [0.4, 0.5) is 0 Å². The van der Waals surface area contributed by atoms with Crippen molar-refractivity contribution in [3.05, 3.63) is 58.7 Å². The molecular weight excluding hydrogens is 196 g/mol. The van der Waals surface area contributed by atoms with E-state index in [0.29, 0.717) is 0 Å². The minimum Gasteiger partial charge on any atom is -0.293 e. The van der Waals surface area contributed by atoms with Crippen LogP contribution < -0.4 is 0 Å². The molecule has 0 saturated heterocycles. The monoisotopic (exact) mass is 210 g/mol. The average Bonchev–Trinajstić information content (AvgIpc) is 2.54. The summed E-state index contributed by atoms with van der Waals surface area (Å²) in [4.78, 5) is 12.2. The SMILES string of the molecule is CC1=CC2c3c(C)cccc3C(=O)C2C=C1. The summed E-state index contributed by atoms with van der Waals surface area (Å²) in [6, 6.07) is 6.03. The summed E-state index contributed by atoms with van der Waals surface area (Å²) in [6.45, 7) is 4.18. The number of allylic oxidation sites excluding steroid dienone is 4. The summed E-state index contributed by atoms with van der Waals surface area (Å²) in [5.41, 5.74) is 4.65. The first kappa shape index (κ1) is 9.59. The van der Waals surface area contributed by atoms with Crippen LogP contribution in [0.3, 0.4) is 0 Å². The Balaban J connectivity index is 2.24. The van der Waals surface area contributed by atoms with Crippen LogP contribution >= 0.6 is 0 Å². The Morgan fingerprint density at radius 2 is 1.94 bits per heavy atom. The number of hydrogen-bond donors (Lipinski definition) is 0. The molecule has 0 saturated carbocycles. The summed E-state index contributed by atoms with van der Waals surface area (Å²) >= 11 is 0. The Labute approximate surface area is 95.5 Å². The smallest absolute Gasteiger partial charge is 0.170 e. The van der Waals surface area contributed by atoms with Crippen LogP contribution in [0.1, 0.15) is 34.3 Å². The van der Waals surface area contributed by atoms with Crippen molar-refractivity contribution in [2.75, 3.05) is 0 Å². The summed E-state index contributed by atoms with van der Waals surface area (Å²) in [5, 5.41) is 0. The molecule has 16 heavy (non-hydrogen) atoms. The van der Waals surface area contributed by atoms with Gasteiger partial charge in [-0.25, -0.2) is 0 Å². The molecule has 0 N–H and O–H groups in total. The van der Waals surface area contributed by atoms with Crippen LogP contribution in [0.2, 0.25) is 0 Å². The average molecular weight is 210 g/mol. The van der Waals surface area contributed by atoms with Gasteiger partial charge in [-0.2, -0.15) is 0 Å². The zero-order valence-corrected chi connectivity index (χ0v) is 9.53. The maximum absolute atomic E-state index is 12.2. The molecule has 80 valence electrons. The Hall–Kier alpha value is -1.63. The maximum Gasteiger partial charge on any atom is 0.170 e. The third kappa shape index (κ3) is 1.15. The fourth-order valence-corrected chi connectivity index (χ4v) is 2.85. The lowest BCUT2D eigenvalue weighted by Crippen LogP contribution is -2.12. The molecule has 2 atom stereocenters. The van der Waals surface area contributed by atoms with E-state index in [1.165, 1.54) is 16.7 Å². The molecule has 1 aromatic rings. The quantitative estimate of drug-likeness (QED) is 0.641. The van der Waals surface area contributed by atoms with Crippen LogP contribution in [0.25, 0.3) is 0 Å². The molecule has 0 fully saturated rings. The van der Waals surface area contributed by atoms with E-state index < -0.39 is 0 Å². The minimum atomic E-state index is 0.0415. The number of hydrogen-bond acceptors (Lipinski definition) is 1. The molecule has 0 spiro atoms. The lowest BCUT2D eigenvalue weighted by atomic mass is 9.85. The second-order valence-corrected chi connectivity index (χ2v) is 4.72.